The summed E-state index contributed by atoms with van der Waals surface area (Å²) in [5, 5.41) is 25.6. The quantitative estimate of drug-likeness (QED) is 0.0592. The second-order valence-corrected chi connectivity index (χ2v) is 18.8. The lowest BCUT2D eigenvalue weighted by atomic mass is 10.1. The summed E-state index contributed by atoms with van der Waals surface area (Å²) in [6.45, 7) is 4.27. The van der Waals surface area contributed by atoms with Crippen molar-refractivity contribution in [2.45, 2.75) is 24.7 Å². The van der Waals surface area contributed by atoms with E-state index in [1.54, 1.807) is 0 Å². The molecule has 4 atom stereocenters. The van der Waals surface area contributed by atoms with Crippen LogP contribution >= 0.6 is 0 Å². The SMILES string of the molecule is OCCOCCOCCOCCO[Si]1(OCCOCCOCCOCCO)N2C3=NC4=NC(NC5N/C(=N\C6c7ccccc7C(=NC2c2ccccc23)N61)c1ccccc15)c1ccccc14. The minimum atomic E-state index is -4.08. The Labute approximate surface area is 390 Å². The highest BCUT2D eigenvalue weighted by Gasteiger charge is 2.67. The van der Waals surface area contributed by atoms with Crippen LogP contribution in [0.4, 0.5) is 0 Å². The Balaban J connectivity index is 1.06. The topological polar surface area (TPSA) is 194 Å². The summed E-state index contributed by atoms with van der Waals surface area (Å²) in [5.41, 5.74) is 7.78. The molecule has 352 valence electrons. The highest BCUT2D eigenvalue weighted by molar-refractivity contribution is 6.69. The number of aliphatic hydroxyl groups is 2. The first kappa shape index (κ1) is 45.5. The number of aliphatic hydroxyl groups excluding tert-OH is 2. The van der Waals surface area contributed by atoms with Crippen molar-refractivity contribution in [1.29, 1.82) is 0 Å². The van der Waals surface area contributed by atoms with Gasteiger partial charge in [-0.3, -0.25) is 14.4 Å². The molecule has 4 unspecified atom stereocenters. The van der Waals surface area contributed by atoms with Crippen LogP contribution in [0.3, 0.4) is 0 Å². The second kappa shape index (κ2) is 21.4. The maximum Gasteiger partial charge on any atom is 0.595 e. The van der Waals surface area contributed by atoms with Crippen molar-refractivity contribution in [3.8, 4) is 0 Å². The van der Waals surface area contributed by atoms with Crippen LogP contribution in [0.25, 0.3) is 0 Å². The fraction of sp³-hybridized carbons (Fsp3) is 0.417. The zero-order valence-corrected chi connectivity index (χ0v) is 38.2. The summed E-state index contributed by atoms with van der Waals surface area (Å²) in [6.07, 6.45) is -1.89. The zero-order valence-electron chi connectivity index (χ0n) is 37.2. The van der Waals surface area contributed by atoms with Gasteiger partial charge in [0, 0.05) is 38.9 Å². The van der Waals surface area contributed by atoms with E-state index in [1.807, 2.05) is 48.5 Å². The molecule has 0 aliphatic carbocycles. The molecule has 18 nitrogen and oxygen atoms in total. The highest BCUT2D eigenvalue weighted by Crippen LogP contribution is 2.51. The monoisotopic (exact) mass is 932 g/mol. The summed E-state index contributed by atoms with van der Waals surface area (Å²) in [6, 6.07) is 33.0. The van der Waals surface area contributed by atoms with Crippen LogP contribution in [0.1, 0.15) is 69.2 Å². The number of fused-ring (bicyclic) bond motifs is 15. The van der Waals surface area contributed by atoms with Crippen molar-refractivity contribution < 1.29 is 47.5 Å². The third-order valence-electron chi connectivity index (χ3n) is 12.1. The third-order valence-corrected chi connectivity index (χ3v) is 15.4. The minimum absolute atomic E-state index is 0.0300. The number of nitrogens with one attached hydrogen (secondary N) is 2. The van der Waals surface area contributed by atoms with Crippen molar-refractivity contribution in [3.05, 3.63) is 142 Å². The molecule has 6 aliphatic rings. The van der Waals surface area contributed by atoms with Crippen molar-refractivity contribution in [1.82, 2.24) is 19.8 Å². The molecule has 0 saturated carbocycles. The number of rotatable bonds is 24. The van der Waals surface area contributed by atoms with Crippen LogP contribution in [0.2, 0.25) is 0 Å². The van der Waals surface area contributed by atoms with Gasteiger partial charge in [-0.25, -0.2) is 20.0 Å². The van der Waals surface area contributed by atoms with Gasteiger partial charge in [-0.05, 0) is 5.56 Å². The molecule has 0 saturated heterocycles. The zero-order chi connectivity index (χ0) is 45.4. The van der Waals surface area contributed by atoms with Gasteiger partial charge >= 0.3 is 8.88 Å². The van der Waals surface area contributed by atoms with E-state index in [-0.39, 0.29) is 59.0 Å². The molecule has 19 heteroatoms. The van der Waals surface area contributed by atoms with Gasteiger partial charge in [0.2, 0.25) is 0 Å². The van der Waals surface area contributed by atoms with Gasteiger partial charge in [-0.2, -0.15) is 0 Å². The Morgan fingerprint density at radius 1 is 0.463 bits per heavy atom. The number of hydrogen-bond donors (Lipinski definition) is 4. The lowest BCUT2D eigenvalue weighted by Gasteiger charge is -2.49. The molecule has 4 aromatic rings. The Hall–Kier alpha value is -5.26. The summed E-state index contributed by atoms with van der Waals surface area (Å²) in [4.78, 5) is 22.1. The summed E-state index contributed by atoms with van der Waals surface area (Å²) >= 11 is 0. The number of amidine groups is 4. The normalized spacial score (nSPS) is 21.9. The van der Waals surface area contributed by atoms with Crippen molar-refractivity contribution in [2.24, 2.45) is 20.0 Å². The van der Waals surface area contributed by atoms with Gasteiger partial charge in [0.05, 0.1) is 106 Å². The van der Waals surface area contributed by atoms with E-state index in [0.717, 1.165) is 56.2 Å². The van der Waals surface area contributed by atoms with Gasteiger partial charge in [0.1, 0.15) is 42.2 Å². The lowest BCUT2D eigenvalue weighted by Crippen LogP contribution is -2.73. The van der Waals surface area contributed by atoms with Gasteiger partial charge < -0.3 is 52.8 Å². The Morgan fingerprint density at radius 3 is 1.49 bits per heavy atom. The molecule has 6 heterocycles. The summed E-state index contributed by atoms with van der Waals surface area (Å²) in [5.74, 6) is 2.68. The summed E-state index contributed by atoms with van der Waals surface area (Å²) < 4.78 is 53.5. The molecular formula is C48H56N8O10Si. The fourth-order valence-corrected chi connectivity index (χ4v) is 12.7. The Morgan fingerprint density at radius 2 is 0.910 bits per heavy atom. The minimum Gasteiger partial charge on any atom is -0.394 e. The molecule has 4 aromatic carbocycles. The van der Waals surface area contributed by atoms with Crippen LogP contribution < -0.4 is 10.6 Å². The number of nitrogens with zero attached hydrogens (tertiary/aromatic N) is 6. The maximum atomic E-state index is 9.00. The van der Waals surface area contributed by atoms with Crippen molar-refractivity contribution >= 4 is 32.2 Å². The highest BCUT2D eigenvalue weighted by atomic mass is 28.4. The summed E-state index contributed by atoms with van der Waals surface area (Å²) in [7, 11) is -4.08. The standard InChI is InChI=1S/C48H56N8O10Si/c57-17-19-59-21-23-61-25-27-63-29-31-65-67(66-32-30-64-28-26-62-24-22-60-20-18-58)55-45-37-13-5-7-15-39(37)47(55)54-48-40-16-8-6-14-38(40)46(56(48)67)53-44-36-12-4-2-10-34(36)42(51-44)49-41-33-9-1-3-11-35(33)43(50-41)52-45/h1-16,41-42,45,48-49,57-58H,17-32H2,(H,50,52). The van der Waals surface area contributed by atoms with Crippen LogP contribution in [0.15, 0.2) is 117 Å². The van der Waals surface area contributed by atoms with Gasteiger partial charge in [0.25, 0.3) is 0 Å². The number of ether oxygens (including phenoxy) is 6. The van der Waals surface area contributed by atoms with Gasteiger partial charge in [0.15, 0.2) is 5.84 Å². The molecular weight excluding hydrogens is 877 g/mol. The Bertz CT molecular complexity index is 2470. The largest absolute Gasteiger partial charge is 0.595 e. The molecule has 6 aliphatic heterocycles. The van der Waals surface area contributed by atoms with E-state index < -0.39 is 27.4 Å². The molecule has 0 radical (unpaired) electrons. The van der Waals surface area contributed by atoms with E-state index in [0.29, 0.717) is 64.5 Å². The third kappa shape index (κ3) is 9.22. The van der Waals surface area contributed by atoms with E-state index in [4.69, 9.17) is 67.5 Å². The van der Waals surface area contributed by atoms with E-state index in [2.05, 4.69) is 68.3 Å². The van der Waals surface area contributed by atoms with Crippen LogP contribution in [0, 0.1) is 0 Å². The van der Waals surface area contributed by atoms with Crippen molar-refractivity contribution in [3.63, 3.8) is 0 Å². The molecule has 6 bridgehead atoms. The number of benzene rings is 4. The number of hydrogen-bond acceptors (Lipinski definition) is 18. The van der Waals surface area contributed by atoms with Crippen molar-refractivity contribution in [2.75, 3.05) is 106 Å². The van der Waals surface area contributed by atoms with Crippen LogP contribution in [0.5, 0.6) is 0 Å². The first-order valence-corrected chi connectivity index (χ1v) is 24.7. The molecule has 0 aromatic heterocycles. The molecule has 4 N–H and O–H groups in total. The van der Waals surface area contributed by atoms with Crippen LogP contribution in [-0.2, 0) is 37.3 Å². The average Bonchev–Trinajstić information content (AvgIpc) is 4.09. The maximum absolute atomic E-state index is 9.00. The van der Waals surface area contributed by atoms with Gasteiger partial charge in [-0.15, -0.1) is 0 Å². The lowest BCUT2D eigenvalue weighted by molar-refractivity contribution is -0.0138. The molecule has 0 spiro atoms. The van der Waals surface area contributed by atoms with E-state index in [9.17, 15) is 0 Å². The second-order valence-electron chi connectivity index (χ2n) is 16.2. The predicted molar refractivity (Wildman–Crippen MR) is 250 cm³/mol. The molecule has 67 heavy (non-hydrogen) atoms. The van der Waals surface area contributed by atoms with E-state index in [1.165, 1.54) is 0 Å². The van der Waals surface area contributed by atoms with Gasteiger partial charge in [-0.1, -0.05) is 97.1 Å². The molecule has 10 rings (SSSR count). The van der Waals surface area contributed by atoms with E-state index >= 15 is 0 Å². The average molecular weight is 933 g/mol. The first-order chi connectivity index (χ1) is 33.2. The Kier molecular flexibility index (Phi) is 14.5. The number of aliphatic imine (C=N–C) groups is 4. The predicted octanol–water partition coefficient (Wildman–Crippen LogP) is 3.19. The first-order valence-electron chi connectivity index (χ1n) is 23.0. The van der Waals surface area contributed by atoms with Crippen LogP contribution in [-0.4, -0.2) is 157 Å². The molecule has 0 fully saturated rings. The molecule has 0 amide bonds. The smallest absolute Gasteiger partial charge is 0.394 e. The fourth-order valence-electron chi connectivity index (χ4n) is 9.22.